The van der Waals surface area contributed by atoms with Crippen LogP contribution in [-0.4, -0.2) is 45.8 Å². The van der Waals surface area contributed by atoms with Crippen LogP contribution in [0.25, 0.3) is 0 Å². The van der Waals surface area contributed by atoms with Gasteiger partial charge in [-0.2, -0.15) is 0 Å². The van der Waals surface area contributed by atoms with E-state index >= 15 is 0 Å². The number of hydrogen-bond acceptors (Lipinski definition) is 5. The second-order valence-corrected chi connectivity index (χ2v) is 6.86. The molecule has 6 nitrogen and oxygen atoms in total. The van der Waals surface area contributed by atoms with Crippen LogP contribution >= 0.6 is 0 Å². The van der Waals surface area contributed by atoms with Gasteiger partial charge in [0.25, 0.3) is 0 Å². The summed E-state index contributed by atoms with van der Waals surface area (Å²) in [6.45, 7) is 0.0493. The zero-order valence-corrected chi connectivity index (χ0v) is 14.4. The molecule has 5 atom stereocenters. The highest BCUT2D eigenvalue weighted by Crippen LogP contribution is 2.47. The Balaban J connectivity index is 1.50. The Kier molecular flexibility index (Phi) is 5.92. The summed E-state index contributed by atoms with van der Waals surface area (Å²) in [5.74, 6) is 5.06. The Labute approximate surface area is 152 Å². The number of carboxylic acid groups (broad SMARTS) is 1. The summed E-state index contributed by atoms with van der Waals surface area (Å²) in [7, 11) is 0. The van der Waals surface area contributed by atoms with Gasteiger partial charge in [0.15, 0.2) is 0 Å². The van der Waals surface area contributed by atoms with E-state index in [-0.39, 0.29) is 30.8 Å². The van der Waals surface area contributed by atoms with E-state index in [4.69, 9.17) is 9.94 Å². The van der Waals surface area contributed by atoms with Gasteiger partial charge in [-0.1, -0.05) is 47.3 Å². The van der Waals surface area contributed by atoms with Crippen molar-refractivity contribution in [3.05, 3.63) is 35.9 Å². The van der Waals surface area contributed by atoms with Crippen LogP contribution in [0.3, 0.4) is 0 Å². The van der Waals surface area contributed by atoms with Gasteiger partial charge in [0.05, 0.1) is 18.2 Å². The lowest BCUT2D eigenvalue weighted by atomic mass is 9.73. The van der Waals surface area contributed by atoms with Crippen LogP contribution in [0.2, 0.25) is 0 Å². The van der Waals surface area contributed by atoms with Crippen LogP contribution in [0, 0.1) is 29.6 Å². The van der Waals surface area contributed by atoms with E-state index in [1.807, 2.05) is 30.3 Å². The molecule has 138 valence electrons. The summed E-state index contributed by atoms with van der Waals surface area (Å²) in [6, 6.07) is 9.67. The number of fused-ring (bicyclic) bond motifs is 1. The average Bonchev–Trinajstić information content (AvgIpc) is 2.84. The van der Waals surface area contributed by atoms with E-state index in [0.29, 0.717) is 19.3 Å². The summed E-state index contributed by atoms with van der Waals surface area (Å²) < 4.78 is 0. The van der Waals surface area contributed by atoms with Crippen LogP contribution in [-0.2, 0) is 16.1 Å². The predicted molar refractivity (Wildman–Crippen MR) is 95.3 cm³/mol. The van der Waals surface area contributed by atoms with Gasteiger partial charge in [0, 0.05) is 18.3 Å². The molecule has 2 aliphatic carbocycles. The Morgan fingerprint density at radius 2 is 2.12 bits per heavy atom. The molecule has 26 heavy (non-hydrogen) atoms. The first kappa shape index (κ1) is 18.4. The van der Waals surface area contributed by atoms with Gasteiger partial charge < -0.3 is 20.2 Å². The van der Waals surface area contributed by atoms with Crippen LogP contribution in [0.1, 0.15) is 24.8 Å². The number of carboxylic acids is 1. The number of aliphatic hydroxyl groups excluding tert-OH is 2. The average molecular weight is 357 g/mol. The molecule has 0 heterocycles. The maximum atomic E-state index is 10.4. The number of nitrogens with zero attached hydrogens (tertiary/aromatic N) is 1. The standard InChI is InChI=1S/C20H23NO5/c22-15(10-13-4-2-1-3-5-13)7-6-14-11-16-17(20(14)25)12-18(16)21-26-9-8-19(23)24/h1-5,14-17,20,22,25H,8-12H2,(H,23,24). The molecule has 2 saturated carbocycles. The van der Waals surface area contributed by atoms with Crippen LogP contribution < -0.4 is 0 Å². The SMILES string of the molecule is O=C(O)CCON=C1CC2C1CC(C#CC(O)Cc1ccccc1)C2O. The van der Waals surface area contributed by atoms with Crippen molar-refractivity contribution < 1.29 is 25.0 Å². The number of rotatable bonds is 6. The van der Waals surface area contributed by atoms with E-state index < -0.39 is 18.2 Å². The highest BCUT2D eigenvalue weighted by Gasteiger charge is 2.51. The van der Waals surface area contributed by atoms with Gasteiger partial charge in [0.2, 0.25) is 0 Å². The first-order chi connectivity index (χ1) is 12.5. The maximum absolute atomic E-state index is 10.4. The smallest absolute Gasteiger partial charge is 0.306 e. The summed E-state index contributed by atoms with van der Waals surface area (Å²) in [5.41, 5.74) is 1.89. The number of carbonyl (C=O) groups is 1. The quantitative estimate of drug-likeness (QED) is 0.407. The number of benzene rings is 1. The van der Waals surface area contributed by atoms with E-state index in [9.17, 15) is 15.0 Å². The monoisotopic (exact) mass is 357 g/mol. The lowest BCUT2D eigenvalue weighted by molar-refractivity contribution is -0.138. The third kappa shape index (κ3) is 4.43. The Bertz CT molecular complexity index is 721. The van der Waals surface area contributed by atoms with Crippen molar-refractivity contribution in [2.24, 2.45) is 22.9 Å². The van der Waals surface area contributed by atoms with Gasteiger partial charge in [-0.05, 0) is 24.3 Å². The minimum Gasteiger partial charge on any atom is -0.481 e. The molecule has 2 fully saturated rings. The van der Waals surface area contributed by atoms with Crippen molar-refractivity contribution >= 4 is 11.7 Å². The van der Waals surface area contributed by atoms with Crippen molar-refractivity contribution in [1.29, 1.82) is 0 Å². The summed E-state index contributed by atoms with van der Waals surface area (Å²) >= 11 is 0. The van der Waals surface area contributed by atoms with Gasteiger partial charge in [-0.25, -0.2) is 0 Å². The Hall–Kier alpha value is -2.36. The molecule has 0 amide bonds. The molecule has 3 N–H and O–H groups in total. The third-order valence-electron chi connectivity index (χ3n) is 5.04. The van der Waals surface area contributed by atoms with Gasteiger partial charge in [0.1, 0.15) is 12.7 Å². The highest BCUT2D eigenvalue weighted by atomic mass is 16.6. The molecule has 1 aromatic rings. The summed E-state index contributed by atoms with van der Waals surface area (Å²) in [4.78, 5) is 15.5. The first-order valence-electron chi connectivity index (χ1n) is 8.86. The van der Waals surface area contributed by atoms with Crippen molar-refractivity contribution in [3.63, 3.8) is 0 Å². The van der Waals surface area contributed by atoms with Crippen molar-refractivity contribution in [2.45, 2.75) is 37.9 Å². The van der Waals surface area contributed by atoms with Crippen molar-refractivity contribution in [2.75, 3.05) is 6.61 Å². The fourth-order valence-corrected chi connectivity index (χ4v) is 3.61. The van der Waals surface area contributed by atoms with Gasteiger partial charge >= 0.3 is 5.97 Å². The van der Waals surface area contributed by atoms with E-state index in [1.54, 1.807) is 0 Å². The molecule has 0 radical (unpaired) electrons. The van der Waals surface area contributed by atoms with Crippen LogP contribution in [0.15, 0.2) is 35.5 Å². The largest absolute Gasteiger partial charge is 0.481 e. The highest BCUT2D eigenvalue weighted by molar-refractivity contribution is 5.93. The Morgan fingerprint density at radius 3 is 2.85 bits per heavy atom. The zero-order valence-electron chi connectivity index (χ0n) is 14.4. The van der Waals surface area contributed by atoms with Crippen molar-refractivity contribution in [1.82, 2.24) is 0 Å². The molecule has 2 aliphatic rings. The molecule has 3 rings (SSSR count). The second kappa shape index (κ2) is 8.35. The van der Waals surface area contributed by atoms with Crippen molar-refractivity contribution in [3.8, 4) is 11.8 Å². The number of aliphatic carboxylic acids is 1. The first-order valence-corrected chi connectivity index (χ1v) is 8.86. The number of hydrogen-bond donors (Lipinski definition) is 3. The van der Waals surface area contributed by atoms with E-state index in [1.165, 1.54) is 0 Å². The van der Waals surface area contributed by atoms with Gasteiger partial charge in [-0.3, -0.25) is 4.79 Å². The van der Waals surface area contributed by atoms with Crippen LogP contribution in [0.5, 0.6) is 0 Å². The predicted octanol–water partition coefficient (Wildman–Crippen LogP) is 1.46. The molecule has 6 heteroatoms. The summed E-state index contributed by atoms with van der Waals surface area (Å²) in [6.07, 6.45) is 0.459. The molecule has 0 aliphatic heterocycles. The van der Waals surface area contributed by atoms with E-state index in [2.05, 4.69) is 17.0 Å². The minimum atomic E-state index is -0.919. The molecule has 0 aromatic heterocycles. The third-order valence-corrected chi connectivity index (χ3v) is 5.04. The Morgan fingerprint density at radius 1 is 1.35 bits per heavy atom. The number of aliphatic hydroxyl groups is 2. The molecule has 1 aromatic carbocycles. The van der Waals surface area contributed by atoms with Crippen LogP contribution in [0.4, 0.5) is 0 Å². The topological polar surface area (TPSA) is 99.4 Å². The fourth-order valence-electron chi connectivity index (χ4n) is 3.61. The molecular formula is C20H23NO5. The minimum absolute atomic E-state index is 0.0493. The lowest BCUT2D eigenvalue weighted by Crippen LogP contribution is -2.38. The summed E-state index contributed by atoms with van der Waals surface area (Å²) in [5, 5.41) is 33.1. The zero-order chi connectivity index (χ0) is 18.5. The van der Waals surface area contributed by atoms with Gasteiger partial charge in [-0.15, -0.1) is 0 Å². The number of oxime groups is 1. The van der Waals surface area contributed by atoms with E-state index in [0.717, 1.165) is 11.3 Å². The molecule has 0 bridgehead atoms. The molecular weight excluding hydrogens is 334 g/mol. The molecule has 0 saturated heterocycles. The second-order valence-electron chi connectivity index (χ2n) is 6.86. The maximum Gasteiger partial charge on any atom is 0.306 e. The molecule has 0 spiro atoms. The lowest BCUT2D eigenvalue weighted by Gasteiger charge is -2.33. The fraction of sp³-hybridized carbons (Fsp3) is 0.500. The molecule has 5 unspecified atom stereocenters. The normalized spacial score (nSPS) is 29.2.